The van der Waals surface area contributed by atoms with Gasteiger partial charge in [-0.1, -0.05) is 17.7 Å². The van der Waals surface area contributed by atoms with Crippen LogP contribution in [0.3, 0.4) is 0 Å². The average molecular weight is 364 g/mol. The fraction of sp³-hybridized carbons (Fsp3) is 0.350. The Kier molecular flexibility index (Phi) is 4.43. The van der Waals surface area contributed by atoms with E-state index < -0.39 is 0 Å². The van der Waals surface area contributed by atoms with Crippen molar-refractivity contribution in [3.8, 4) is 5.69 Å². The van der Waals surface area contributed by atoms with Crippen LogP contribution in [0.1, 0.15) is 28.8 Å². The first-order chi connectivity index (χ1) is 13.0. The van der Waals surface area contributed by atoms with Gasteiger partial charge in [0.2, 0.25) is 0 Å². The highest BCUT2D eigenvalue weighted by Crippen LogP contribution is 2.20. The molecule has 4 rings (SSSR count). The van der Waals surface area contributed by atoms with Crippen LogP contribution in [-0.2, 0) is 20.0 Å². The molecule has 0 aliphatic carbocycles. The third-order valence-corrected chi connectivity index (χ3v) is 5.07. The molecule has 0 saturated heterocycles. The summed E-state index contributed by atoms with van der Waals surface area (Å²) in [6, 6.07) is 6.12. The van der Waals surface area contributed by atoms with Gasteiger partial charge in [-0.3, -0.25) is 4.68 Å². The molecule has 1 aliphatic heterocycles. The Balaban J connectivity index is 1.48. The minimum atomic E-state index is -0.105. The first-order valence-corrected chi connectivity index (χ1v) is 9.19. The van der Waals surface area contributed by atoms with Gasteiger partial charge in [0, 0.05) is 24.8 Å². The Labute approximate surface area is 158 Å². The summed E-state index contributed by atoms with van der Waals surface area (Å²) in [7, 11) is 1.95. The molecule has 3 heterocycles. The van der Waals surface area contributed by atoms with E-state index >= 15 is 0 Å². The summed E-state index contributed by atoms with van der Waals surface area (Å²) < 4.78 is 3.71. The van der Waals surface area contributed by atoms with Crippen LogP contribution in [-0.4, -0.2) is 37.0 Å². The summed E-state index contributed by atoms with van der Waals surface area (Å²) in [5, 5.41) is 11.7. The molecule has 2 aromatic heterocycles. The normalized spacial score (nSPS) is 14.0. The van der Waals surface area contributed by atoms with Crippen molar-refractivity contribution in [2.45, 2.75) is 33.2 Å². The quantitative estimate of drug-likeness (QED) is 0.759. The van der Waals surface area contributed by atoms with Gasteiger partial charge in [0.15, 0.2) is 0 Å². The summed E-state index contributed by atoms with van der Waals surface area (Å²) in [5.41, 5.74) is 6.40. The highest BCUT2D eigenvalue weighted by atomic mass is 16.2. The molecule has 140 valence electrons. The Morgan fingerprint density at radius 2 is 2.04 bits per heavy atom. The Bertz CT molecular complexity index is 986. The van der Waals surface area contributed by atoms with E-state index in [0.29, 0.717) is 12.2 Å². The van der Waals surface area contributed by atoms with Crippen molar-refractivity contribution in [2.24, 2.45) is 7.05 Å². The highest BCUT2D eigenvalue weighted by Gasteiger charge is 2.21. The maximum absolute atomic E-state index is 12.7. The molecular formula is C20H24N6O. The van der Waals surface area contributed by atoms with Crippen molar-refractivity contribution in [1.29, 1.82) is 0 Å². The first kappa shape index (κ1) is 17.3. The summed E-state index contributed by atoms with van der Waals surface area (Å²) >= 11 is 0. The van der Waals surface area contributed by atoms with E-state index in [1.165, 1.54) is 11.3 Å². The molecule has 7 heteroatoms. The summed E-state index contributed by atoms with van der Waals surface area (Å²) in [6.07, 6.45) is 7.27. The van der Waals surface area contributed by atoms with E-state index in [4.69, 9.17) is 0 Å². The number of fused-ring (bicyclic) bond motifs is 1. The second-order valence-electron chi connectivity index (χ2n) is 7.16. The Morgan fingerprint density at radius 1 is 1.19 bits per heavy atom. The second kappa shape index (κ2) is 6.90. The van der Waals surface area contributed by atoms with E-state index in [1.54, 1.807) is 10.9 Å². The minimum Gasteiger partial charge on any atom is -0.320 e. The van der Waals surface area contributed by atoms with Gasteiger partial charge < -0.3 is 10.2 Å². The van der Waals surface area contributed by atoms with E-state index in [-0.39, 0.29) is 6.03 Å². The van der Waals surface area contributed by atoms with Gasteiger partial charge in [-0.15, -0.1) is 0 Å². The molecule has 1 aliphatic rings. The standard InChI is InChI=1S/C20H24N6O/c1-14-6-7-18(15(2)9-14)26-13-17(11-22-26)23-20(27)25-8-4-5-19-16(12-25)10-21-24(19)3/h6-7,9-11,13H,4-5,8,12H2,1-3H3,(H,23,27). The van der Waals surface area contributed by atoms with Crippen molar-refractivity contribution >= 4 is 11.7 Å². The topological polar surface area (TPSA) is 68.0 Å². The van der Waals surface area contributed by atoms with Crippen molar-refractivity contribution in [2.75, 3.05) is 11.9 Å². The van der Waals surface area contributed by atoms with Crippen LogP contribution in [0.25, 0.3) is 5.69 Å². The molecule has 0 radical (unpaired) electrons. The fourth-order valence-electron chi connectivity index (χ4n) is 3.64. The van der Waals surface area contributed by atoms with Crippen LogP contribution in [0.5, 0.6) is 0 Å². The smallest absolute Gasteiger partial charge is 0.320 e. The third-order valence-electron chi connectivity index (χ3n) is 5.07. The zero-order valence-electron chi connectivity index (χ0n) is 15.9. The Hall–Kier alpha value is -3.09. The number of nitrogens with zero attached hydrogens (tertiary/aromatic N) is 5. The lowest BCUT2D eigenvalue weighted by atomic mass is 10.1. The predicted octanol–water partition coefficient (Wildman–Crippen LogP) is 3.20. The summed E-state index contributed by atoms with van der Waals surface area (Å²) in [6.45, 7) is 5.44. The number of nitrogens with one attached hydrogen (secondary N) is 1. The number of amides is 2. The molecule has 27 heavy (non-hydrogen) atoms. The van der Waals surface area contributed by atoms with Crippen LogP contribution in [0.4, 0.5) is 10.5 Å². The molecule has 2 amide bonds. The zero-order valence-corrected chi connectivity index (χ0v) is 15.9. The molecule has 0 atom stereocenters. The van der Waals surface area contributed by atoms with Crippen LogP contribution in [0, 0.1) is 13.8 Å². The number of aryl methyl sites for hydroxylation is 3. The number of urea groups is 1. The number of aromatic nitrogens is 4. The molecule has 0 bridgehead atoms. The lowest BCUT2D eigenvalue weighted by Gasteiger charge is -2.20. The molecule has 0 unspecified atom stereocenters. The maximum atomic E-state index is 12.7. The van der Waals surface area contributed by atoms with Crippen LogP contribution in [0.15, 0.2) is 36.8 Å². The van der Waals surface area contributed by atoms with Crippen LogP contribution in [0.2, 0.25) is 0 Å². The van der Waals surface area contributed by atoms with Crippen molar-refractivity contribution in [3.63, 3.8) is 0 Å². The number of hydrogen-bond acceptors (Lipinski definition) is 3. The number of carbonyl (C=O) groups is 1. The lowest BCUT2D eigenvalue weighted by Crippen LogP contribution is -2.34. The fourth-order valence-corrected chi connectivity index (χ4v) is 3.64. The number of rotatable bonds is 2. The molecule has 1 aromatic carbocycles. The van der Waals surface area contributed by atoms with E-state index in [9.17, 15) is 4.79 Å². The van der Waals surface area contributed by atoms with Crippen LogP contribution < -0.4 is 5.32 Å². The number of hydrogen-bond donors (Lipinski definition) is 1. The minimum absolute atomic E-state index is 0.105. The summed E-state index contributed by atoms with van der Waals surface area (Å²) in [5.74, 6) is 0. The molecule has 3 aromatic rings. The first-order valence-electron chi connectivity index (χ1n) is 9.19. The van der Waals surface area contributed by atoms with Crippen molar-refractivity contribution < 1.29 is 4.79 Å². The predicted molar refractivity (Wildman–Crippen MR) is 104 cm³/mol. The monoisotopic (exact) mass is 364 g/mol. The number of carbonyl (C=O) groups excluding carboxylic acids is 1. The molecule has 1 N–H and O–H groups in total. The van der Waals surface area contributed by atoms with Gasteiger partial charge in [0.05, 0.1) is 36.5 Å². The van der Waals surface area contributed by atoms with Crippen molar-refractivity contribution in [1.82, 2.24) is 24.5 Å². The molecule has 7 nitrogen and oxygen atoms in total. The molecule has 0 fully saturated rings. The van der Waals surface area contributed by atoms with E-state index in [0.717, 1.165) is 36.2 Å². The highest BCUT2D eigenvalue weighted by molar-refractivity contribution is 5.89. The third kappa shape index (κ3) is 3.45. The lowest BCUT2D eigenvalue weighted by molar-refractivity contribution is 0.210. The van der Waals surface area contributed by atoms with Gasteiger partial charge in [-0.25, -0.2) is 9.48 Å². The number of anilines is 1. The second-order valence-corrected chi connectivity index (χ2v) is 7.16. The SMILES string of the molecule is Cc1ccc(-n2cc(NC(=O)N3CCCc4c(cnn4C)C3)cn2)c(C)c1. The van der Waals surface area contributed by atoms with Gasteiger partial charge in [0.1, 0.15) is 0 Å². The molecular weight excluding hydrogens is 340 g/mol. The summed E-state index contributed by atoms with van der Waals surface area (Å²) in [4.78, 5) is 14.6. The van der Waals surface area contributed by atoms with E-state index in [2.05, 4.69) is 41.5 Å². The number of benzene rings is 1. The van der Waals surface area contributed by atoms with Gasteiger partial charge >= 0.3 is 6.03 Å². The van der Waals surface area contributed by atoms with Gasteiger partial charge in [0.25, 0.3) is 0 Å². The maximum Gasteiger partial charge on any atom is 0.322 e. The van der Waals surface area contributed by atoms with Gasteiger partial charge in [-0.2, -0.15) is 10.2 Å². The average Bonchev–Trinajstić information content (AvgIpc) is 3.14. The van der Waals surface area contributed by atoms with Crippen molar-refractivity contribution in [3.05, 3.63) is 59.2 Å². The molecule has 0 saturated carbocycles. The van der Waals surface area contributed by atoms with Gasteiger partial charge in [-0.05, 0) is 38.3 Å². The zero-order chi connectivity index (χ0) is 19.0. The van der Waals surface area contributed by atoms with Crippen LogP contribution >= 0.6 is 0 Å². The van der Waals surface area contributed by atoms with E-state index in [1.807, 2.05) is 35.1 Å². The molecule has 0 spiro atoms. The largest absolute Gasteiger partial charge is 0.322 e. The Morgan fingerprint density at radius 3 is 2.85 bits per heavy atom.